The first-order chi connectivity index (χ1) is 23.9. The second kappa shape index (κ2) is 15.2. The van der Waals surface area contributed by atoms with E-state index < -0.39 is 70.7 Å². The van der Waals surface area contributed by atoms with Crippen molar-refractivity contribution in [3.05, 3.63) is 86.1 Å². The normalized spacial score (nSPS) is 20.3. The molecule has 2 atom stereocenters. The first-order valence-electron chi connectivity index (χ1n) is 17.2. The lowest BCUT2D eigenvalue weighted by Crippen LogP contribution is -2.57. The van der Waals surface area contributed by atoms with Crippen molar-refractivity contribution in [3.8, 4) is 11.1 Å². The van der Waals surface area contributed by atoms with Gasteiger partial charge in [-0.15, -0.1) is 0 Å². The van der Waals surface area contributed by atoms with E-state index in [1.54, 1.807) is 6.92 Å². The van der Waals surface area contributed by atoms with Crippen LogP contribution in [0.3, 0.4) is 0 Å². The number of nitrogens with one attached hydrogen (secondary N) is 1. The highest BCUT2D eigenvalue weighted by molar-refractivity contribution is 5.82. The number of aryl methyl sites for hydroxylation is 3. The average molecular weight is 721 g/mol. The maximum Gasteiger partial charge on any atom is 0.419 e. The van der Waals surface area contributed by atoms with E-state index in [0.29, 0.717) is 79.9 Å². The fraction of sp³-hybridized carbons (Fsp3) is 0.514. The van der Waals surface area contributed by atoms with Crippen LogP contribution in [0.15, 0.2) is 35.3 Å². The van der Waals surface area contributed by atoms with Crippen molar-refractivity contribution in [2.24, 2.45) is 0 Å². The predicted molar refractivity (Wildman–Crippen MR) is 178 cm³/mol. The number of rotatable bonds is 6. The molecule has 0 spiro atoms. The number of benzene rings is 2. The summed E-state index contributed by atoms with van der Waals surface area (Å²) in [4.78, 5) is 45.5. The first kappa shape index (κ1) is 38.0. The number of carboxylic acid groups (broad SMARTS) is 1. The van der Waals surface area contributed by atoms with Crippen LogP contribution >= 0.6 is 0 Å². The number of aliphatic carboxylic acids is 1. The zero-order valence-electron chi connectivity index (χ0n) is 28.8. The lowest BCUT2D eigenvalue weighted by atomic mass is 9.87. The third kappa shape index (κ3) is 9.00. The molecule has 3 aromatic rings. The summed E-state index contributed by atoms with van der Waals surface area (Å²) in [6.07, 6.45) is -0.755. The van der Waals surface area contributed by atoms with Crippen LogP contribution in [-0.2, 0) is 28.6 Å². The summed E-state index contributed by atoms with van der Waals surface area (Å²) in [7, 11) is 0. The largest absolute Gasteiger partial charge is 0.481 e. The molecule has 2 aliphatic rings. The van der Waals surface area contributed by atoms with Crippen molar-refractivity contribution in [1.29, 1.82) is 0 Å². The van der Waals surface area contributed by atoms with E-state index in [4.69, 9.17) is 0 Å². The predicted octanol–water partition coefficient (Wildman–Crippen LogP) is 7.18. The number of fused-ring (bicyclic) bond motifs is 4. The molecule has 2 bridgehead atoms. The average Bonchev–Trinajstić information content (AvgIpc) is 3.00. The molecule has 0 radical (unpaired) electrons. The number of nitrogens with zero attached hydrogens (tertiary/aromatic N) is 3. The van der Waals surface area contributed by atoms with Crippen LogP contribution in [-0.4, -0.2) is 56.7 Å². The van der Waals surface area contributed by atoms with Gasteiger partial charge in [-0.1, -0.05) is 25.7 Å². The minimum atomic E-state index is -5.19. The standard InChI is InChI=1S/C37H42F6N4O4/c1-21-13-26(38)14-23-9-7-5-4-6-8-10-30(47-18-24(22(2)44-35(47)51)11-12-46-19-36(3,40)20-46)34(50)45-29(17-31(48)49)27-15-25(32(21)23)16-28(33(27)39)37(41,42)43/h13-16,18,29-30H,4-12,17,19-20H2,1-3H3,(H,45,50)(H,48,49)/t29-,30-/m0/s1. The van der Waals surface area contributed by atoms with Gasteiger partial charge in [0.15, 0.2) is 0 Å². The third-order valence-corrected chi connectivity index (χ3v) is 9.76. The Morgan fingerprint density at radius 1 is 1.04 bits per heavy atom. The zero-order chi connectivity index (χ0) is 37.2. The second-order valence-electron chi connectivity index (χ2n) is 14.1. The summed E-state index contributed by atoms with van der Waals surface area (Å²) in [6, 6.07) is 1.10. The highest BCUT2D eigenvalue weighted by Gasteiger charge is 2.39. The Morgan fingerprint density at radius 3 is 2.39 bits per heavy atom. The summed E-state index contributed by atoms with van der Waals surface area (Å²) in [5.41, 5.74) is -2.44. The SMILES string of the molecule is Cc1cc(F)cc2c1-c1cc(c(F)c(C(F)(F)F)c1)[C@H](CC(=O)O)NC(=O)[C@@H](n1cc(CCN3CC(C)(F)C3)c(C)nc1=O)CCCCCCC2. The lowest BCUT2D eigenvalue weighted by molar-refractivity contribution is -0.140. The van der Waals surface area contributed by atoms with Crippen molar-refractivity contribution in [3.63, 3.8) is 0 Å². The fourth-order valence-electron chi connectivity index (χ4n) is 7.32. The first-order valence-corrected chi connectivity index (χ1v) is 17.2. The smallest absolute Gasteiger partial charge is 0.419 e. The molecule has 0 saturated carbocycles. The number of carbonyl (C=O) groups excluding carboxylic acids is 1. The molecule has 2 N–H and O–H groups in total. The van der Waals surface area contributed by atoms with Gasteiger partial charge in [-0.3, -0.25) is 19.1 Å². The van der Waals surface area contributed by atoms with Crippen LogP contribution in [0.5, 0.6) is 0 Å². The molecule has 0 unspecified atom stereocenters. The lowest BCUT2D eigenvalue weighted by Gasteiger charge is -2.42. The number of amides is 1. The fourth-order valence-corrected chi connectivity index (χ4v) is 7.32. The molecule has 5 rings (SSSR count). The van der Waals surface area contributed by atoms with Gasteiger partial charge < -0.3 is 10.4 Å². The molecule has 8 nitrogen and oxygen atoms in total. The van der Waals surface area contributed by atoms with Gasteiger partial charge in [-0.05, 0) is 98.5 Å². The summed E-state index contributed by atoms with van der Waals surface area (Å²) >= 11 is 0. The maximum atomic E-state index is 15.9. The van der Waals surface area contributed by atoms with Crippen molar-refractivity contribution in [1.82, 2.24) is 19.8 Å². The van der Waals surface area contributed by atoms with Crippen molar-refractivity contribution >= 4 is 11.9 Å². The molecule has 2 aliphatic heterocycles. The number of carboxylic acids is 1. The summed E-state index contributed by atoms with van der Waals surface area (Å²) in [5, 5.41) is 12.3. The van der Waals surface area contributed by atoms with Crippen molar-refractivity contribution in [2.45, 2.75) is 102 Å². The minimum Gasteiger partial charge on any atom is -0.481 e. The number of likely N-dealkylation sites (tertiary alicyclic amines) is 1. The number of hydrogen-bond acceptors (Lipinski definition) is 5. The number of aromatic nitrogens is 2. The van der Waals surface area contributed by atoms with E-state index in [1.165, 1.54) is 26.1 Å². The number of carbonyl (C=O) groups is 2. The van der Waals surface area contributed by atoms with Gasteiger partial charge in [0, 0.05) is 37.1 Å². The van der Waals surface area contributed by atoms with E-state index in [-0.39, 0.29) is 30.6 Å². The minimum absolute atomic E-state index is 0.0987. The molecule has 2 aromatic carbocycles. The Morgan fingerprint density at radius 2 is 1.73 bits per heavy atom. The highest BCUT2D eigenvalue weighted by Crippen LogP contribution is 2.40. The van der Waals surface area contributed by atoms with Crippen molar-refractivity contribution in [2.75, 3.05) is 19.6 Å². The third-order valence-electron chi connectivity index (χ3n) is 9.76. The molecule has 3 heterocycles. The van der Waals surface area contributed by atoms with E-state index in [2.05, 4.69) is 10.3 Å². The van der Waals surface area contributed by atoms with Crippen LogP contribution in [0.4, 0.5) is 26.3 Å². The Kier molecular flexibility index (Phi) is 11.3. The van der Waals surface area contributed by atoms with Crippen LogP contribution < -0.4 is 11.0 Å². The molecule has 1 saturated heterocycles. The van der Waals surface area contributed by atoms with Gasteiger partial charge in [0.05, 0.1) is 18.0 Å². The van der Waals surface area contributed by atoms with Gasteiger partial charge in [0.25, 0.3) is 0 Å². The van der Waals surface area contributed by atoms with Crippen LogP contribution in [0.1, 0.15) is 97.5 Å². The summed E-state index contributed by atoms with van der Waals surface area (Å²) in [6.45, 7) is 5.66. The zero-order valence-corrected chi connectivity index (χ0v) is 28.8. The van der Waals surface area contributed by atoms with Gasteiger partial charge in [-0.25, -0.2) is 18.0 Å². The van der Waals surface area contributed by atoms with E-state index in [1.807, 2.05) is 4.90 Å². The molecule has 14 heteroatoms. The van der Waals surface area contributed by atoms with Gasteiger partial charge >= 0.3 is 17.8 Å². The Hall–Kier alpha value is -4.20. The number of halogens is 6. The molecule has 276 valence electrons. The quantitative estimate of drug-likeness (QED) is 0.262. The van der Waals surface area contributed by atoms with Crippen LogP contribution in [0.25, 0.3) is 11.1 Å². The maximum absolute atomic E-state index is 15.9. The van der Waals surface area contributed by atoms with Gasteiger partial charge in [-0.2, -0.15) is 18.2 Å². The Labute approximate surface area is 291 Å². The van der Waals surface area contributed by atoms with E-state index in [0.717, 1.165) is 16.7 Å². The van der Waals surface area contributed by atoms with Crippen LogP contribution in [0, 0.1) is 25.5 Å². The topological polar surface area (TPSA) is 105 Å². The van der Waals surface area contributed by atoms with Gasteiger partial charge in [0.2, 0.25) is 5.91 Å². The molecule has 0 aliphatic carbocycles. The van der Waals surface area contributed by atoms with Gasteiger partial charge in [0.1, 0.15) is 23.3 Å². The summed E-state index contributed by atoms with van der Waals surface area (Å²) < 4.78 is 88.8. The monoisotopic (exact) mass is 720 g/mol. The highest BCUT2D eigenvalue weighted by atomic mass is 19.4. The van der Waals surface area contributed by atoms with E-state index in [9.17, 15) is 41.4 Å². The van der Waals surface area contributed by atoms with Crippen LogP contribution in [0.2, 0.25) is 0 Å². The molecule has 1 fully saturated rings. The Balaban J connectivity index is 1.60. The number of alkyl halides is 4. The van der Waals surface area contributed by atoms with Crippen molar-refractivity contribution < 1.29 is 41.0 Å². The molecule has 51 heavy (non-hydrogen) atoms. The molecular formula is C37H42F6N4O4. The number of hydrogen-bond donors (Lipinski definition) is 2. The van der Waals surface area contributed by atoms with E-state index >= 15 is 4.39 Å². The Bertz CT molecular complexity index is 1850. The molecule has 1 aromatic heterocycles. The summed E-state index contributed by atoms with van der Waals surface area (Å²) in [5.74, 6) is -4.73. The molecule has 1 amide bonds. The molecular weight excluding hydrogens is 678 g/mol. The second-order valence-corrected chi connectivity index (χ2v) is 14.1.